The van der Waals surface area contributed by atoms with E-state index in [2.05, 4.69) is 15.8 Å². The third kappa shape index (κ3) is 4.44. The molecule has 2 aromatic rings. The molecule has 0 aliphatic heterocycles. The number of nitrogens with zero attached hydrogens (tertiary/aromatic N) is 1. The van der Waals surface area contributed by atoms with E-state index in [4.69, 9.17) is 4.52 Å². The van der Waals surface area contributed by atoms with Crippen LogP contribution in [0.15, 0.2) is 34.9 Å². The van der Waals surface area contributed by atoms with Gasteiger partial charge in [-0.2, -0.15) is 0 Å². The van der Waals surface area contributed by atoms with Crippen LogP contribution < -0.4 is 10.6 Å². The van der Waals surface area contributed by atoms with Gasteiger partial charge < -0.3 is 15.2 Å². The van der Waals surface area contributed by atoms with Crippen LogP contribution >= 0.6 is 0 Å². The van der Waals surface area contributed by atoms with Crippen LogP contribution in [0, 0.1) is 6.92 Å². The van der Waals surface area contributed by atoms with Gasteiger partial charge in [0.2, 0.25) is 11.7 Å². The van der Waals surface area contributed by atoms with Crippen LogP contribution in [0.25, 0.3) is 11.3 Å². The molecular weight excluding hydrogens is 282 g/mol. The fraction of sp³-hybridized carbons (Fsp3) is 0.312. The number of nitrogens with one attached hydrogen (secondary N) is 2. The molecule has 116 valence electrons. The summed E-state index contributed by atoms with van der Waals surface area (Å²) in [5.41, 5.74) is 2.69. The van der Waals surface area contributed by atoms with Gasteiger partial charge in [-0.25, -0.2) is 0 Å². The first kappa shape index (κ1) is 15.8. The van der Waals surface area contributed by atoms with Gasteiger partial charge in [-0.1, -0.05) is 35.0 Å². The summed E-state index contributed by atoms with van der Waals surface area (Å²) in [6.07, 6.45) is 0.657. The third-order valence-corrected chi connectivity index (χ3v) is 3.09. The van der Waals surface area contributed by atoms with Crippen LogP contribution in [0.5, 0.6) is 0 Å². The Labute approximate surface area is 128 Å². The minimum atomic E-state index is -0.311. The van der Waals surface area contributed by atoms with Crippen molar-refractivity contribution in [2.45, 2.75) is 20.3 Å². The van der Waals surface area contributed by atoms with E-state index in [-0.39, 0.29) is 17.6 Å². The minimum absolute atomic E-state index is 0.0794. The van der Waals surface area contributed by atoms with Crippen molar-refractivity contribution in [2.75, 3.05) is 13.1 Å². The van der Waals surface area contributed by atoms with Crippen molar-refractivity contribution in [3.63, 3.8) is 0 Å². The van der Waals surface area contributed by atoms with Gasteiger partial charge >= 0.3 is 0 Å². The van der Waals surface area contributed by atoms with E-state index < -0.39 is 0 Å². The molecule has 0 aliphatic rings. The van der Waals surface area contributed by atoms with Gasteiger partial charge in [0.25, 0.3) is 5.91 Å². The molecule has 0 bridgehead atoms. The van der Waals surface area contributed by atoms with Crippen molar-refractivity contribution >= 4 is 11.8 Å². The maximum absolute atomic E-state index is 11.9. The molecule has 0 saturated carbocycles. The van der Waals surface area contributed by atoms with Crippen molar-refractivity contribution in [1.82, 2.24) is 15.8 Å². The Morgan fingerprint density at radius 2 is 1.82 bits per heavy atom. The first-order valence-electron chi connectivity index (χ1n) is 7.12. The van der Waals surface area contributed by atoms with Crippen molar-refractivity contribution < 1.29 is 14.1 Å². The van der Waals surface area contributed by atoms with E-state index in [1.807, 2.05) is 31.2 Å². The molecule has 2 amide bonds. The molecule has 0 fully saturated rings. The highest BCUT2D eigenvalue weighted by Gasteiger charge is 2.13. The molecule has 0 radical (unpaired) electrons. The van der Waals surface area contributed by atoms with Crippen LogP contribution in [-0.2, 0) is 4.79 Å². The SMILES string of the molecule is CC(=O)NCCCNC(=O)c1cc(-c2ccc(C)cc2)no1. The van der Waals surface area contributed by atoms with Crippen LogP contribution in [0.3, 0.4) is 0 Å². The second-order valence-electron chi connectivity index (χ2n) is 5.03. The number of carbonyl (C=O) groups excluding carboxylic acids is 2. The van der Waals surface area contributed by atoms with Gasteiger partial charge in [-0.15, -0.1) is 0 Å². The largest absolute Gasteiger partial charge is 0.356 e. The molecule has 0 atom stereocenters. The Morgan fingerprint density at radius 1 is 1.14 bits per heavy atom. The highest BCUT2D eigenvalue weighted by Crippen LogP contribution is 2.19. The summed E-state index contributed by atoms with van der Waals surface area (Å²) < 4.78 is 5.07. The Hall–Kier alpha value is -2.63. The minimum Gasteiger partial charge on any atom is -0.356 e. The fourth-order valence-corrected chi connectivity index (χ4v) is 1.88. The number of carbonyl (C=O) groups is 2. The van der Waals surface area contributed by atoms with Crippen LogP contribution in [0.1, 0.15) is 29.5 Å². The molecular formula is C16H19N3O3. The highest BCUT2D eigenvalue weighted by atomic mass is 16.5. The lowest BCUT2D eigenvalue weighted by atomic mass is 10.1. The number of aryl methyl sites for hydroxylation is 1. The van der Waals surface area contributed by atoms with Crippen molar-refractivity contribution in [1.29, 1.82) is 0 Å². The average Bonchev–Trinajstić information content (AvgIpc) is 2.97. The smallest absolute Gasteiger partial charge is 0.289 e. The van der Waals surface area contributed by atoms with E-state index in [0.717, 1.165) is 11.1 Å². The van der Waals surface area contributed by atoms with Crippen molar-refractivity contribution in [2.24, 2.45) is 0 Å². The summed E-state index contributed by atoms with van der Waals surface area (Å²) in [4.78, 5) is 22.6. The summed E-state index contributed by atoms with van der Waals surface area (Å²) in [5, 5.41) is 9.30. The fourth-order valence-electron chi connectivity index (χ4n) is 1.88. The highest BCUT2D eigenvalue weighted by molar-refractivity contribution is 5.92. The number of amides is 2. The number of hydrogen-bond acceptors (Lipinski definition) is 4. The second-order valence-corrected chi connectivity index (χ2v) is 5.03. The molecule has 2 N–H and O–H groups in total. The molecule has 0 aliphatic carbocycles. The van der Waals surface area contributed by atoms with Gasteiger partial charge in [-0.3, -0.25) is 9.59 Å². The van der Waals surface area contributed by atoms with Gasteiger partial charge in [0, 0.05) is 31.6 Å². The maximum Gasteiger partial charge on any atom is 0.289 e. The quantitative estimate of drug-likeness (QED) is 0.798. The van der Waals surface area contributed by atoms with E-state index in [1.54, 1.807) is 6.07 Å². The Bertz CT molecular complexity index is 647. The van der Waals surface area contributed by atoms with Crippen LogP contribution in [-0.4, -0.2) is 30.1 Å². The summed E-state index contributed by atoms with van der Waals surface area (Å²) in [6, 6.07) is 9.44. The lowest BCUT2D eigenvalue weighted by Crippen LogP contribution is -2.28. The zero-order chi connectivity index (χ0) is 15.9. The van der Waals surface area contributed by atoms with Crippen LogP contribution in [0.4, 0.5) is 0 Å². The molecule has 0 unspecified atom stereocenters. The van der Waals surface area contributed by atoms with Gasteiger partial charge in [0.05, 0.1) is 0 Å². The zero-order valence-corrected chi connectivity index (χ0v) is 12.7. The Morgan fingerprint density at radius 3 is 2.50 bits per heavy atom. The topological polar surface area (TPSA) is 84.2 Å². The van der Waals surface area contributed by atoms with E-state index in [9.17, 15) is 9.59 Å². The van der Waals surface area contributed by atoms with Crippen LogP contribution in [0.2, 0.25) is 0 Å². The number of aromatic nitrogens is 1. The molecule has 22 heavy (non-hydrogen) atoms. The first-order chi connectivity index (χ1) is 10.6. The predicted octanol–water partition coefficient (Wildman–Crippen LogP) is 1.91. The summed E-state index contributed by atoms with van der Waals surface area (Å²) in [5.74, 6) is -0.215. The summed E-state index contributed by atoms with van der Waals surface area (Å²) in [7, 11) is 0. The van der Waals surface area contributed by atoms with Crippen molar-refractivity contribution in [3.8, 4) is 11.3 Å². The summed E-state index contributed by atoms with van der Waals surface area (Å²) in [6.45, 7) is 4.45. The molecule has 0 spiro atoms. The van der Waals surface area contributed by atoms with Crippen molar-refractivity contribution in [3.05, 3.63) is 41.7 Å². The molecule has 6 nitrogen and oxygen atoms in total. The number of rotatable bonds is 6. The van der Waals surface area contributed by atoms with E-state index >= 15 is 0 Å². The predicted molar refractivity (Wildman–Crippen MR) is 82.3 cm³/mol. The normalized spacial score (nSPS) is 10.3. The number of benzene rings is 1. The molecule has 6 heteroatoms. The van der Waals surface area contributed by atoms with Gasteiger partial charge in [-0.05, 0) is 13.3 Å². The molecule has 0 saturated heterocycles. The van der Waals surface area contributed by atoms with Gasteiger partial charge in [0.15, 0.2) is 0 Å². The third-order valence-electron chi connectivity index (χ3n) is 3.09. The number of hydrogen-bond donors (Lipinski definition) is 2. The molecule has 1 aromatic carbocycles. The Kier molecular flexibility index (Phi) is 5.30. The standard InChI is InChI=1S/C16H19N3O3/c1-11-4-6-13(7-5-11)14-10-15(22-19-14)16(21)18-9-3-8-17-12(2)20/h4-7,10H,3,8-9H2,1-2H3,(H,17,20)(H,18,21). The lowest BCUT2D eigenvalue weighted by Gasteiger charge is -2.03. The lowest BCUT2D eigenvalue weighted by molar-refractivity contribution is -0.118. The zero-order valence-electron chi connectivity index (χ0n) is 12.7. The second kappa shape index (κ2) is 7.40. The Balaban J connectivity index is 1.86. The monoisotopic (exact) mass is 301 g/mol. The molecule has 1 aromatic heterocycles. The first-order valence-corrected chi connectivity index (χ1v) is 7.12. The molecule has 2 rings (SSSR count). The summed E-state index contributed by atoms with van der Waals surface area (Å²) >= 11 is 0. The average molecular weight is 301 g/mol. The maximum atomic E-state index is 11.9. The van der Waals surface area contributed by atoms with E-state index in [1.165, 1.54) is 6.92 Å². The molecule has 1 heterocycles. The van der Waals surface area contributed by atoms with E-state index in [0.29, 0.717) is 25.2 Å². The van der Waals surface area contributed by atoms with Gasteiger partial charge in [0.1, 0.15) is 5.69 Å².